The van der Waals surface area contributed by atoms with Gasteiger partial charge in [-0.3, -0.25) is 0 Å². The number of rotatable bonds is 0. The number of hydrogen-bond donors (Lipinski definition) is 1. The number of nitriles is 1. The summed E-state index contributed by atoms with van der Waals surface area (Å²) in [6, 6.07) is 1.98. The maximum Gasteiger partial charge on any atom is 0.0912 e. The van der Waals surface area contributed by atoms with Crippen LogP contribution in [0.5, 0.6) is 0 Å². The normalized spacial score (nSPS) is 36.8. The first-order valence-electron chi connectivity index (χ1n) is 4.23. The summed E-state index contributed by atoms with van der Waals surface area (Å²) in [5.74, 6) is 0. The maximum absolute atomic E-state index is 10.1. The predicted molar refractivity (Wildman–Crippen MR) is 47.3 cm³/mol. The van der Waals surface area contributed by atoms with E-state index in [9.17, 15) is 5.11 Å². The van der Waals surface area contributed by atoms with Gasteiger partial charge in [0, 0.05) is 6.08 Å². The van der Waals surface area contributed by atoms with Gasteiger partial charge in [0.1, 0.15) is 0 Å². The largest absolute Gasteiger partial charge is 0.385 e. The highest BCUT2D eigenvalue weighted by Crippen LogP contribution is 2.48. The lowest BCUT2D eigenvalue weighted by Crippen LogP contribution is -2.37. The van der Waals surface area contributed by atoms with Crippen molar-refractivity contribution in [3.8, 4) is 6.07 Å². The van der Waals surface area contributed by atoms with Crippen LogP contribution in [0.3, 0.4) is 0 Å². The fourth-order valence-electron chi connectivity index (χ4n) is 1.66. The standard InChI is InChI=1S/C10H15NO/c1-9(2)6-4-8(5-7-11)10(9,3)12/h5,12H,4,6H2,1-3H3/b8-5+. The van der Waals surface area contributed by atoms with Gasteiger partial charge in [-0.15, -0.1) is 0 Å². The zero-order valence-corrected chi connectivity index (χ0v) is 7.89. The third kappa shape index (κ3) is 1.15. The molecular formula is C10H15NO. The smallest absolute Gasteiger partial charge is 0.0912 e. The molecule has 0 radical (unpaired) electrons. The summed E-state index contributed by atoms with van der Waals surface area (Å²) in [7, 11) is 0. The van der Waals surface area contributed by atoms with Gasteiger partial charge in [-0.05, 0) is 30.8 Å². The molecular weight excluding hydrogens is 150 g/mol. The molecule has 2 heteroatoms. The predicted octanol–water partition coefficient (Wildman–Crippen LogP) is 2.01. The van der Waals surface area contributed by atoms with Crippen molar-refractivity contribution in [2.45, 2.75) is 39.2 Å². The fraction of sp³-hybridized carbons (Fsp3) is 0.700. The van der Waals surface area contributed by atoms with E-state index in [0.717, 1.165) is 18.4 Å². The molecule has 0 amide bonds. The number of aliphatic hydroxyl groups is 1. The van der Waals surface area contributed by atoms with Crippen LogP contribution in [0.25, 0.3) is 0 Å². The van der Waals surface area contributed by atoms with E-state index in [1.807, 2.05) is 19.9 Å². The third-order valence-electron chi connectivity index (χ3n) is 3.20. The van der Waals surface area contributed by atoms with Crippen molar-refractivity contribution < 1.29 is 5.11 Å². The number of nitrogens with zero attached hydrogens (tertiary/aromatic N) is 1. The minimum absolute atomic E-state index is 0.102. The van der Waals surface area contributed by atoms with Gasteiger partial charge in [-0.25, -0.2) is 0 Å². The summed E-state index contributed by atoms with van der Waals surface area (Å²) >= 11 is 0. The average Bonchev–Trinajstić information content (AvgIpc) is 2.13. The van der Waals surface area contributed by atoms with Gasteiger partial charge in [0.05, 0.1) is 11.7 Å². The topological polar surface area (TPSA) is 44.0 Å². The molecule has 0 spiro atoms. The van der Waals surface area contributed by atoms with Gasteiger partial charge in [-0.2, -0.15) is 5.26 Å². The van der Waals surface area contributed by atoms with Gasteiger partial charge in [0.2, 0.25) is 0 Å². The molecule has 0 saturated heterocycles. The Labute approximate surface area is 73.5 Å². The maximum atomic E-state index is 10.1. The first-order valence-corrected chi connectivity index (χ1v) is 4.23. The van der Waals surface area contributed by atoms with Crippen LogP contribution in [0.4, 0.5) is 0 Å². The molecule has 1 aliphatic rings. The molecule has 0 aromatic heterocycles. The van der Waals surface area contributed by atoms with Gasteiger partial charge >= 0.3 is 0 Å². The second-order valence-corrected chi connectivity index (χ2v) is 4.25. The first-order chi connectivity index (χ1) is 5.42. The van der Waals surface area contributed by atoms with Crippen molar-refractivity contribution in [1.82, 2.24) is 0 Å². The second-order valence-electron chi connectivity index (χ2n) is 4.25. The van der Waals surface area contributed by atoms with Crippen molar-refractivity contribution in [2.24, 2.45) is 5.41 Å². The van der Waals surface area contributed by atoms with E-state index < -0.39 is 5.60 Å². The Morgan fingerprint density at radius 1 is 1.50 bits per heavy atom. The number of hydrogen-bond acceptors (Lipinski definition) is 2. The summed E-state index contributed by atoms with van der Waals surface area (Å²) in [5, 5.41) is 18.6. The highest BCUT2D eigenvalue weighted by molar-refractivity contribution is 5.29. The van der Waals surface area contributed by atoms with E-state index in [1.165, 1.54) is 6.08 Å². The Balaban J connectivity index is 3.03. The highest BCUT2D eigenvalue weighted by atomic mass is 16.3. The molecule has 0 aliphatic heterocycles. The summed E-state index contributed by atoms with van der Waals surface area (Å²) < 4.78 is 0. The third-order valence-corrected chi connectivity index (χ3v) is 3.20. The molecule has 1 unspecified atom stereocenters. The Bertz CT molecular complexity index is 256. The van der Waals surface area contributed by atoms with E-state index in [4.69, 9.17) is 5.26 Å². The summed E-state index contributed by atoms with van der Waals surface area (Å²) in [6.07, 6.45) is 3.27. The molecule has 0 bridgehead atoms. The van der Waals surface area contributed by atoms with Gasteiger partial charge in [0.15, 0.2) is 0 Å². The molecule has 1 saturated carbocycles. The van der Waals surface area contributed by atoms with Crippen LogP contribution in [-0.2, 0) is 0 Å². The van der Waals surface area contributed by atoms with Crippen LogP contribution >= 0.6 is 0 Å². The van der Waals surface area contributed by atoms with Gasteiger partial charge in [-0.1, -0.05) is 13.8 Å². The molecule has 66 valence electrons. The van der Waals surface area contributed by atoms with Gasteiger partial charge in [0.25, 0.3) is 0 Å². The summed E-state index contributed by atoms with van der Waals surface area (Å²) in [5.41, 5.74) is -0.0340. The van der Waals surface area contributed by atoms with Crippen molar-refractivity contribution in [3.63, 3.8) is 0 Å². The molecule has 0 heterocycles. The average molecular weight is 165 g/mol. The van der Waals surface area contributed by atoms with E-state index >= 15 is 0 Å². The molecule has 0 aromatic rings. The highest BCUT2D eigenvalue weighted by Gasteiger charge is 2.47. The molecule has 1 N–H and O–H groups in total. The summed E-state index contributed by atoms with van der Waals surface area (Å²) in [6.45, 7) is 5.86. The molecule has 1 atom stereocenters. The van der Waals surface area contributed by atoms with Crippen molar-refractivity contribution >= 4 is 0 Å². The minimum Gasteiger partial charge on any atom is -0.385 e. The molecule has 1 rings (SSSR count). The number of allylic oxidation sites excluding steroid dienone is 1. The monoisotopic (exact) mass is 165 g/mol. The molecule has 1 aliphatic carbocycles. The zero-order valence-electron chi connectivity index (χ0n) is 7.89. The van der Waals surface area contributed by atoms with Crippen molar-refractivity contribution in [1.29, 1.82) is 5.26 Å². The molecule has 1 fully saturated rings. The van der Waals surface area contributed by atoms with Gasteiger partial charge < -0.3 is 5.11 Å². The van der Waals surface area contributed by atoms with Crippen LogP contribution in [-0.4, -0.2) is 10.7 Å². The Hall–Kier alpha value is -0.810. The quantitative estimate of drug-likeness (QED) is 0.558. The molecule has 2 nitrogen and oxygen atoms in total. The lowest BCUT2D eigenvalue weighted by molar-refractivity contribution is 0.00356. The van der Waals surface area contributed by atoms with E-state index in [0.29, 0.717) is 0 Å². The Kier molecular flexibility index (Phi) is 2.01. The van der Waals surface area contributed by atoms with Crippen LogP contribution in [0.15, 0.2) is 11.6 Å². The SMILES string of the molecule is CC1(C)CC/C(=C\C#N)C1(C)O. The van der Waals surface area contributed by atoms with Crippen molar-refractivity contribution in [3.05, 3.63) is 11.6 Å². The molecule has 0 aromatic carbocycles. The lowest BCUT2D eigenvalue weighted by Gasteiger charge is -2.33. The Morgan fingerprint density at radius 3 is 2.42 bits per heavy atom. The lowest BCUT2D eigenvalue weighted by atomic mass is 9.78. The second kappa shape index (κ2) is 2.60. The Morgan fingerprint density at radius 2 is 2.08 bits per heavy atom. The van der Waals surface area contributed by atoms with E-state index in [1.54, 1.807) is 6.92 Å². The molecule has 12 heavy (non-hydrogen) atoms. The van der Waals surface area contributed by atoms with Crippen LogP contribution in [0, 0.1) is 16.7 Å². The van der Waals surface area contributed by atoms with Crippen molar-refractivity contribution in [2.75, 3.05) is 0 Å². The van der Waals surface area contributed by atoms with Crippen LogP contribution in [0.2, 0.25) is 0 Å². The van der Waals surface area contributed by atoms with E-state index in [-0.39, 0.29) is 5.41 Å². The summed E-state index contributed by atoms with van der Waals surface area (Å²) in [4.78, 5) is 0. The minimum atomic E-state index is -0.803. The van der Waals surface area contributed by atoms with Crippen LogP contribution in [0.1, 0.15) is 33.6 Å². The van der Waals surface area contributed by atoms with Crippen LogP contribution < -0.4 is 0 Å². The fourth-order valence-corrected chi connectivity index (χ4v) is 1.66. The first kappa shape index (κ1) is 9.28. The van der Waals surface area contributed by atoms with E-state index in [2.05, 4.69) is 0 Å². The zero-order chi connectivity index (χ0) is 9.41.